The van der Waals surface area contributed by atoms with Gasteiger partial charge in [-0.1, -0.05) is 30.3 Å². The van der Waals surface area contributed by atoms with Crippen molar-refractivity contribution >= 4 is 23.2 Å². The van der Waals surface area contributed by atoms with Crippen molar-refractivity contribution in [1.29, 1.82) is 5.26 Å². The molecular weight excluding hydrogens is 537 g/mol. The zero-order valence-electron chi connectivity index (χ0n) is 21.5. The number of benzene rings is 2. The number of carbonyl (C=O) groups is 1. The first-order valence-electron chi connectivity index (χ1n) is 12.6. The number of alkyl halides is 3. The molecule has 40 heavy (non-hydrogen) atoms. The molecule has 0 amide bonds. The number of nitrogens with zero attached hydrogens (tertiary/aromatic N) is 3. The van der Waals surface area contributed by atoms with Gasteiger partial charge in [0, 0.05) is 35.2 Å². The predicted molar refractivity (Wildman–Crippen MR) is 146 cm³/mol. The summed E-state index contributed by atoms with van der Waals surface area (Å²) in [5, 5.41) is 11.1. The van der Waals surface area contributed by atoms with Gasteiger partial charge in [-0.25, -0.2) is 4.98 Å². The van der Waals surface area contributed by atoms with Gasteiger partial charge in [-0.3, -0.25) is 9.69 Å². The highest BCUT2D eigenvalue weighted by Crippen LogP contribution is 2.49. The van der Waals surface area contributed by atoms with E-state index < -0.39 is 17.7 Å². The van der Waals surface area contributed by atoms with Crippen molar-refractivity contribution in [3.05, 3.63) is 106 Å². The van der Waals surface area contributed by atoms with Gasteiger partial charge in [-0.2, -0.15) is 18.4 Å². The molecule has 2 aromatic carbocycles. The topological polar surface area (TPSA) is 92.2 Å². The van der Waals surface area contributed by atoms with Crippen LogP contribution in [-0.4, -0.2) is 17.9 Å². The molecule has 2 heterocycles. The number of Topliss-reactive ketones (excluding diaryl/α,β-unsaturated/α-hetero) is 1. The summed E-state index contributed by atoms with van der Waals surface area (Å²) in [5.41, 5.74) is 7.62. The number of nitriles is 1. The van der Waals surface area contributed by atoms with E-state index in [1.54, 1.807) is 25.4 Å². The van der Waals surface area contributed by atoms with E-state index in [2.05, 4.69) is 11.1 Å². The second kappa shape index (κ2) is 11.1. The predicted octanol–water partition coefficient (Wildman–Crippen LogP) is 6.71. The molecule has 0 bridgehead atoms. The monoisotopic (exact) mass is 562 g/mol. The standard InChI is InChI=1S/C30H25F3N4O2S/c1-39-25-13-12-18(15-19(25)17-40-26-11-4-5-14-36-26)27-20(16-34)29(35)37(23-9-6-10-24(38)28(23)27)22-8-3-2-7-21(22)30(31,32)33/h2-5,7-8,11-15,27H,6,9-10,17,35H2,1H3. The Morgan fingerprint density at radius 1 is 1.15 bits per heavy atom. The number of hydrogen-bond donors (Lipinski definition) is 1. The third-order valence-corrected chi connectivity index (χ3v) is 8.01. The molecule has 204 valence electrons. The van der Waals surface area contributed by atoms with Crippen LogP contribution in [0.25, 0.3) is 0 Å². The van der Waals surface area contributed by atoms with Crippen LogP contribution in [0.4, 0.5) is 18.9 Å². The zero-order chi connectivity index (χ0) is 28.4. The number of anilines is 1. The van der Waals surface area contributed by atoms with E-state index in [-0.39, 0.29) is 29.3 Å². The number of hydrogen-bond acceptors (Lipinski definition) is 7. The lowest BCUT2D eigenvalue weighted by molar-refractivity contribution is -0.137. The summed E-state index contributed by atoms with van der Waals surface area (Å²) in [4.78, 5) is 19.0. The number of ether oxygens (including phenoxy) is 1. The number of allylic oxidation sites excluding steroid dienone is 3. The van der Waals surface area contributed by atoms with Crippen molar-refractivity contribution in [2.45, 2.75) is 42.1 Å². The molecule has 1 aliphatic heterocycles. The fourth-order valence-corrected chi connectivity index (χ4v) is 6.12. The number of carbonyl (C=O) groups excluding carboxylic acids is 1. The van der Waals surface area contributed by atoms with Crippen molar-refractivity contribution in [2.24, 2.45) is 5.73 Å². The molecule has 0 saturated heterocycles. The summed E-state index contributed by atoms with van der Waals surface area (Å²) in [7, 11) is 1.56. The van der Waals surface area contributed by atoms with Gasteiger partial charge in [0.25, 0.3) is 0 Å². The van der Waals surface area contributed by atoms with Crippen LogP contribution < -0.4 is 15.4 Å². The largest absolute Gasteiger partial charge is 0.496 e. The molecule has 3 aromatic rings. The molecular formula is C30H25F3N4O2S. The van der Waals surface area contributed by atoms with Crippen LogP contribution in [0.1, 0.15) is 41.9 Å². The van der Waals surface area contributed by atoms with Crippen molar-refractivity contribution in [3.63, 3.8) is 0 Å². The van der Waals surface area contributed by atoms with Gasteiger partial charge in [0.05, 0.1) is 40.9 Å². The van der Waals surface area contributed by atoms with E-state index in [4.69, 9.17) is 10.5 Å². The molecule has 2 aliphatic rings. The number of methoxy groups -OCH3 is 1. The van der Waals surface area contributed by atoms with Gasteiger partial charge >= 0.3 is 6.18 Å². The van der Waals surface area contributed by atoms with Crippen molar-refractivity contribution < 1.29 is 22.7 Å². The minimum absolute atomic E-state index is 0.0273. The molecule has 10 heteroatoms. The molecule has 0 radical (unpaired) electrons. The number of thioether (sulfide) groups is 1. The average Bonchev–Trinajstić information content (AvgIpc) is 2.95. The van der Waals surface area contributed by atoms with Crippen LogP contribution in [0.2, 0.25) is 0 Å². The molecule has 1 aromatic heterocycles. The first kappa shape index (κ1) is 27.3. The van der Waals surface area contributed by atoms with Gasteiger partial charge in [-0.15, -0.1) is 11.8 Å². The smallest absolute Gasteiger partial charge is 0.418 e. The van der Waals surface area contributed by atoms with Crippen LogP contribution in [0.5, 0.6) is 5.75 Å². The fraction of sp³-hybridized carbons (Fsp3) is 0.233. The lowest BCUT2D eigenvalue weighted by Crippen LogP contribution is -2.39. The van der Waals surface area contributed by atoms with Gasteiger partial charge in [0.15, 0.2) is 5.78 Å². The van der Waals surface area contributed by atoms with Gasteiger partial charge in [0.2, 0.25) is 0 Å². The first-order chi connectivity index (χ1) is 19.2. The second-order valence-electron chi connectivity index (χ2n) is 9.36. The number of aromatic nitrogens is 1. The number of nitrogens with two attached hydrogens (primary N) is 1. The lowest BCUT2D eigenvalue weighted by atomic mass is 9.75. The Morgan fingerprint density at radius 2 is 1.93 bits per heavy atom. The van der Waals surface area contributed by atoms with Gasteiger partial charge in [-0.05, 0) is 48.7 Å². The molecule has 0 spiro atoms. The van der Waals surface area contributed by atoms with Gasteiger partial charge in [0.1, 0.15) is 11.6 Å². The number of ketones is 1. The van der Waals surface area contributed by atoms with Crippen LogP contribution in [0.15, 0.2) is 94.6 Å². The van der Waals surface area contributed by atoms with E-state index >= 15 is 0 Å². The molecule has 1 atom stereocenters. The Morgan fingerprint density at radius 3 is 2.62 bits per heavy atom. The summed E-state index contributed by atoms with van der Waals surface area (Å²) in [6.45, 7) is 0. The van der Waals surface area contributed by atoms with Crippen molar-refractivity contribution in [2.75, 3.05) is 12.0 Å². The summed E-state index contributed by atoms with van der Waals surface area (Å²) in [6, 6.07) is 18.2. The van der Waals surface area contributed by atoms with Crippen LogP contribution >= 0.6 is 11.8 Å². The Labute approximate surface area is 234 Å². The Kier molecular flexibility index (Phi) is 7.59. The molecule has 2 N–H and O–H groups in total. The maximum atomic E-state index is 14.0. The third-order valence-electron chi connectivity index (χ3n) is 7.01. The van der Waals surface area contributed by atoms with Crippen molar-refractivity contribution in [1.82, 2.24) is 4.98 Å². The number of rotatable bonds is 6. The summed E-state index contributed by atoms with van der Waals surface area (Å²) >= 11 is 1.50. The summed E-state index contributed by atoms with van der Waals surface area (Å²) in [6.07, 6.45) is -1.89. The molecule has 6 nitrogen and oxygen atoms in total. The molecule has 0 saturated carbocycles. The lowest BCUT2D eigenvalue weighted by Gasteiger charge is -2.40. The van der Waals surface area contributed by atoms with E-state index in [0.717, 1.165) is 16.7 Å². The van der Waals surface area contributed by atoms with Crippen molar-refractivity contribution in [3.8, 4) is 11.8 Å². The number of pyridine rings is 1. The molecule has 5 rings (SSSR count). The Bertz CT molecular complexity index is 1560. The minimum atomic E-state index is -4.66. The maximum Gasteiger partial charge on any atom is 0.418 e. The third kappa shape index (κ3) is 5.05. The van der Waals surface area contributed by atoms with Crippen LogP contribution in [0.3, 0.4) is 0 Å². The number of halogens is 3. The Hall–Kier alpha value is -4.23. The fourth-order valence-electron chi connectivity index (χ4n) is 5.28. The molecule has 1 unspecified atom stereocenters. The summed E-state index contributed by atoms with van der Waals surface area (Å²) < 4.78 is 47.6. The zero-order valence-corrected chi connectivity index (χ0v) is 22.4. The Balaban J connectivity index is 1.65. The normalized spacial score (nSPS) is 17.5. The second-order valence-corrected chi connectivity index (χ2v) is 10.4. The first-order valence-corrected chi connectivity index (χ1v) is 13.6. The average molecular weight is 563 g/mol. The van der Waals surface area contributed by atoms with E-state index in [1.165, 1.54) is 34.9 Å². The highest BCUT2D eigenvalue weighted by Gasteiger charge is 2.43. The maximum absolute atomic E-state index is 14.0. The highest BCUT2D eigenvalue weighted by atomic mass is 32.2. The quantitative estimate of drug-likeness (QED) is 0.334. The van der Waals surface area contributed by atoms with E-state index in [1.807, 2.05) is 24.3 Å². The van der Waals surface area contributed by atoms with E-state index in [9.17, 15) is 23.2 Å². The van der Waals surface area contributed by atoms with Crippen LogP contribution in [-0.2, 0) is 16.7 Å². The SMILES string of the molecule is COc1ccc(C2C(C#N)=C(N)N(c3ccccc3C(F)(F)F)C3=C2C(=O)CCC3)cc1CSc1ccccn1. The number of para-hydroxylation sites is 1. The highest BCUT2D eigenvalue weighted by molar-refractivity contribution is 7.98. The minimum Gasteiger partial charge on any atom is -0.496 e. The van der Waals surface area contributed by atoms with E-state index in [0.29, 0.717) is 41.2 Å². The molecule has 0 fully saturated rings. The summed E-state index contributed by atoms with van der Waals surface area (Å²) in [5.74, 6) is 0.00121. The van der Waals surface area contributed by atoms with Gasteiger partial charge < -0.3 is 10.5 Å². The molecule has 1 aliphatic carbocycles. The van der Waals surface area contributed by atoms with Crippen LogP contribution in [0, 0.1) is 11.3 Å².